The highest BCUT2D eigenvalue weighted by Crippen LogP contribution is 2.19. The molecule has 0 radical (unpaired) electrons. The number of esters is 1. The van der Waals surface area contributed by atoms with Gasteiger partial charge in [0, 0.05) is 12.8 Å². The second-order valence-corrected chi connectivity index (χ2v) is 27.4. The summed E-state index contributed by atoms with van der Waals surface area (Å²) in [6.45, 7) is 4.92. The lowest BCUT2D eigenvalue weighted by atomic mass is 10.0. The number of hydrogen-bond acceptors (Lipinski definition) is 5. The molecule has 1 amide bonds. The molecule has 0 aromatic rings. The van der Waals surface area contributed by atoms with Crippen LogP contribution in [0.2, 0.25) is 0 Å². The third-order valence-corrected chi connectivity index (χ3v) is 18.6. The van der Waals surface area contributed by atoms with Gasteiger partial charge in [-0.2, -0.15) is 0 Å². The van der Waals surface area contributed by atoms with E-state index >= 15 is 0 Å². The zero-order valence-electron chi connectivity index (χ0n) is 59.5. The van der Waals surface area contributed by atoms with Crippen molar-refractivity contribution in [2.24, 2.45) is 0 Å². The zero-order chi connectivity index (χ0) is 63.5. The van der Waals surface area contributed by atoms with Crippen LogP contribution >= 0.6 is 0 Å². The van der Waals surface area contributed by atoms with E-state index < -0.39 is 12.1 Å². The van der Waals surface area contributed by atoms with Crippen LogP contribution in [0.4, 0.5) is 0 Å². The maximum atomic E-state index is 12.6. The highest BCUT2D eigenvalue weighted by Gasteiger charge is 2.18. The summed E-state index contributed by atoms with van der Waals surface area (Å²) in [7, 11) is 0. The van der Waals surface area contributed by atoms with Crippen molar-refractivity contribution in [3.63, 3.8) is 0 Å². The number of aliphatic hydroxyl groups excluding tert-OH is 2. The van der Waals surface area contributed by atoms with Gasteiger partial charge in [-0.25, -0.2) is 0 Å². The molecule has 6 heteroatoms. The summed E-state index contributed by atoms with van der Waals surface area (Å²) in [5.74, 6) is -0.0524. The Hall–Kier alpha value is -2.18. The van der Waals surface area contributed by atoms with E-state index in [1.165, 1.54) is 360 Å². The number of aliphatic hydroxyl groups is 2. The maximum absolute atomic E-state index is 12.6. The Kier molecular flexibility index (Phi) is 75.4. The monoisotopic (exact) mass is 1230 g/mol. The summed E-state index contributed by atoms with van der Waals surface area (Å²) >= 11 is 0. The SMILES string of the molecule is CCCCC/C=C\C/C=C\CCCCCCCCCC(=O)OCCCCCCCCCCCCCC/C=C\CCCCCCCCCCCCCCCCC(=O)NC(CO)C(O)/C=C/CCCCCCCCCCCCCCCCCCCCCCCC. The number of nitrogens with one attached hydrogen (secondary N) is 1. The van der Waals surface area contributed by atoms with Crippen LogP contribution in [0.5, 0.6) is 0 Å². The predicted molar refractivity (Wildman–Crippen MR) is 389 cm³/mol. The van der Waals surface area contributed by atoms with Gasteiger partial charge in [-0.1, -0.05) is 383 Å². The van der Waals surface area contributed by atoms with Crippen LogP contribution in [0.3, 0.4) is 0 Å². The number of amides is 1. The first kappa shape index (κ1) is 85.8. The third kappa shape index (κ3) is 72.9. The first-order chi connectivity index (χ1) is 43.5. The van der Waals surface area contributed by atoms with Gasteiger partial charge in [0.05, 0.1) is 25.4 Å². The molecule has 0 heterocycles. The van der Waals surface area contributed by atoms with Crippen molar-refractivity contribution in [2.75, 3.05) is 13.2 Å². The lowest BCUT2D eigenvalue weighted by Gasteiger charge is -2.20. The van der Waals surface area contributed by atoms with Gasteiger partial charge >= 0.3 is 5.97 Å². The molecule has 0 saturated carbocycles. The topological polar surface area (TPSA) is 95.9 Å². The van der Waals surface area contributed by atoms with Crippen LogP contribution in [0.15, 0.2) is 48.6 Å². The highest BCUT2D eigenvalue weighted by atomic mass is 16.5. The van der Waals surface area contributed by atoms with Crippen molar-refractivity contribution in [3.8, 4) is 0 Å². The van der Waals surface area contributed by atoms with Crippen LogP contribution in [-0.2, 0) is 14.3 Å². The van der Waals surface area contributed by atoms with Gasteiger partial charge in [0.1, 0.15) is 0 Å². The molecule has 2 atom stereocenters. The van der Waals surface area contributed by atoms with Gasteiger partial charge in [-0.05, 0) is 89.9 Å². The number of hydrogen-bond donors (Lipinski definition) is 3. The Bertz CT molecular complexity index is 1470. The first-order valence-corrected chi connectivity index (χ1v) is 39.9. The van der Waals surface area contributed by atoms with Gasteiger partial charge in [-0.15, -0.1) is 0 Å². The molecule has 0 aliphatic rings. The minimum absolute atomic E-state index is 0.00957. The molecule has 0 aromatic carbocycles. The average molecular weight is 1240 g/mol. The summed E-state index contributed by atoms with van der Waals surface area (Å²) < 4.78 is 5.50. The number of unbranched alkanes of at least 4 members (excludes halogenated alkanes) is 58. The van der Waals surface area contributed by atoms with Crippen LogP contribution in [0, 0.1) is 0 Å². The molecule has 0 rings (SSSR count). The summed E-state index contributed by atoms with van der Waals surface area (Å²) in [4.78, 5) is 24.7. The summed E-state index contributed by atoms with van der Waals surface area (Å²) in [5.41, 5.74) is 0. The molecule has 0 aliphatic heterocycles. The maximum Gasteiger partial charge on any atom is 0.305 e. The molecular formula is C82H155NO5. The smallest absolute Gasteiger partial charge is 0.305 e. The molecule has 0 aromatic heterocycles. The Morgan fingerprint density at radius 1 is 0.318 bits per heavy atom. The van der Waals surface area contributed by atoms with E-state index in [9.17, 15) is 19.8 Å². The van der Waals surface area contributed by atoms with Crippen LogP contribution in [-0.4, -0.2) is 47.4 Å². The predicted octanol–water partition coefficient (Wildman–Crippen LogP) is 26.4. The minimum atomic E-state index is -0.846. The fourth-order valence-corrected chi connectivity index (χ4v) is 12.5. The molecule has 0 spiro atoms. The first-order valence-electron chi connectivity index (χ1n) is 39.9. The van der Waals surface area contributed by atoms with Crippen molar-refractivity contribution in [1.29, 1.82) is 0 Å². The molecule has 88 heavy (non-hydrogen) atoms. The van der Waals surface area contributed by atoms with E-state index in [0.29, 0.717) is 19.4 Å². The van der Waals surface area contributed by atoms with Crippen molar-refractivity contribution in [3.05, 3.63) is 48.6 Å². The molecule has 6 nitrogen and oxygen atoms in total. The van der Waals surface area contributed by atoms with E-state index in [-0.39, 0.29) is 18.5 Å². The van der Waals surface area contributed by atoms with Gasteiger partial charge in [0.2, 0.25) is 5.91 Å². The van der Waals surface area contributed by atoms with Gasteiger partial charge in [0.15, 0.2) is 0 Å². The van der Waals surface area contributed by atoms with Crippen LogP contribution < -0.4 is 5.32 Å². The standard InChI is InChI=1S/C82H155NO5/c1-3-5-7-9-11-13-15-17-19-21-22-23-24-33-36-39-43-46-50-54-58-62-66-70-74-80(85)79(78-84)83-81(86)75-71-67-63-59-55-51-47-44-40-37-34-31-29-27-25-26-28-30-32-35-38-41-45-49-53-57-61-65-69-73-77-88-82(87)76-72-68-64-60-56-52-48-42-20-18-16-14-12-10-8-6-4-2/h12,14,18,20,26,28,70,74,79-80,84-85H,3-11,13,15-17,19,21-25,27,29-69,71-73,75-78H2,1-2H3,(H,83,86)/b14-12-,20-18-,28-26-,74-70+. The number of allylic oxidation sites excluding steroid dienone is 7. The van der Waals surface area contributed by atoms with Crippen molar-refractivity contribution < 1.29 is 24.5 Å². The van der Waals surface area contributed by atoms with E-state index in [1.807, 2.05) is 6.08 Å². The Labute approximate surface area is 550 Å². The molecule has 0 saturated heterocycles. The summed E-state index contributed by atoms with van der Waals surface area (Å²) in [6, 6.07) is -0.629. The Morgan fingerprint density at radius 3 is 0.898 bits per heavy atom. The summed E-state index contributed by atoms with van der Waals surface area (Å²) in [5, 5.41) is 23.3. The Morgan fingerprint density at radius 2 is 0.568 bits per heavy atom. The largest absolute Gasteiger partial charge is 0.466 e. The van der Waals surface area contributed by atoms with Gasteiger partial charge in [-0.3, -0.25) is 9.59 Å². The second kappa shape index (κ2) is 77.3. The van der Waals surface area contributed by atoms with Gasteiger partial charge in [0.25, 0.3) is 0 Å². The molecular weight excluding hydrogens is 1080 g/mol. The van der Waals surface area contributed by atoms with Gasteiger partial charge < -0.3 is 20.3 Å². The van der Waals surface area contributed by atoms with Crippen molar-refractivity contribution in [2.45, 2.75) is 450 Å². The van der Waals surface area contributed by atoms with Crippen LogP contribution in [0.1, 0.15) is 438 Å². The third-order valence-electron chi connectivity index (χ3n) is 18.6. The molecule has 0 bridgehead atoms. The number of rotatable bonds is 75. The minimum Gasteiger partial charge on any atom is -0.466 e. The van der Waals surface area contributed by atoms with Crippen molar-refractivity contribution in [1.82, 2.24) is 5.32 Å². The zero-order valence-corrected chi connectivity index (χ0v) is 59.5. The van der Waals surface area contributed by atoms with E-state index in [1.54, 1.807) is 6.08 Å². The summed E-state index contributed by atoms with van der Waals surface area (Å²) in [6.07, 6.45) is 102. The molecule has 3 N–H and O–H groups in total. The normalized spacial score (nSPS) is 12.7. The van der Waals surface area contributed by atoms with E-state index in [0.717, 1.165) is 51.4 Å². The number of carbonyl (C=O) groups excluding carboxylic acids is 2. The fraction of sp³-hybridized carbons (Fsp3) is 0.878. The lowest BCUT2D eigenvalue weighted by molar-refractivity contribution is -0.143. The molecule has 0 aliphatic carbocycles. The molecule has 2 unspecified atom stereocenters. The molecule has 518 valence electrons. The molecule has 0 fully saturated rings. The number of carbonyl (C=O) groups is 2. The van der Waals surface area contributed by atoms with Crippen LogP contribution in [0.25, 0.3) is 0 Å². The second-order valence-electron chi connectivity index (χ2n) is 27.4. The Balaban J connectivity index is 3.39. The average Bonchev–Trinajstić information content (AvgIpc) is 3.58. The van der Waals surface area contributed by atoms with E-state index in [2.05, 4.69) is 55.6 Å². The number of ether oxygens (including phenoxy) is 1. The van der Waals surface area contributed by atoms with Crippen molar-refractivity contribution >= 4 is 11.9 Å². The highest BCUT2D eigenvalue weighted by molar-refractivity contribution is 5.76. The van der Waals surface area contributed by atoms with E-state index in [4.69, 9.17) is 4.74 Å². The fourth-order valence-electron chi connectivity index (χ4n) is 12.5. The lowest BCUT2D eigenvalue weighted by Crippen LogP contribution is -2.45. The quantitative estimate of drug-likeness (QED) is 0.0320.